The van der Waals surface area contributed by atoms with Crippen LogP contribution >= 0.6 is 11.6 Å². The van der Waals surface area contributed by atoms with Crippen molar-refractivity contribution in [3.63, 3.8) is 0 Å². The molecule has 1 rings (SSSR count). The van der Waals surface area contributed by atoms with Gasteiger partial charge in [-0.1, -0.05) is 37.1 Å². The normalized spacial score (nSPS) is 12.8. The van der Waals surface area contributed by atoms with Crippen LogP contribution in [0.3, 0.4) is 0 Å². The maximum Gasteiger partial charge on any atom is 0.0437 e. The minimum Gasteiger partial charge on any atom is -0.328 e. The largest absolute Gasteiger partial charge is 0.328 e. The number of hydrogen-bond acceptors (Lipinski definition) is 1. The minimum atomic E-state index is 0.329. The molecule has 0 saturated heterocycles. The molecule has 0 bridgehead atoms. The molecule has 1 atom stereocenters. The second-order valence-electron chi connectivity index (χ2n) is 4.17. The van der Waals surface area contributed by atoms with Crippen LogP contribution in [0.25, 0.3) is 0 Å². The summed E-state index contributed by atoms with van der Waals surface area (Å²) in [6, 6.07) is 6.59. The summed E-state index contributed by atoms with van der Waals surface area (Å²) in [5.74, 6) is 0. The molecule has 1 aromatic rings. The van der Waals surface area contributed by atoms with Crippen LogP contribution in [0.5, 0.6) is 0 Å². The molecule has 0 heterocycles. The average molecular weight is 226 g/mol. The van der Waals surface area contributed by atoms with Crippen LogP contribution in [0.2, 0.25) is 5.02 Å². The quantitative estimate of drug-likeness (QED) is 0.813. The molecule has 2 heteroatoms. The van der Waals surface area contributed by atoms with Gasteiger partial charge in [-0.05, 0) is 43.4 Å². The van der Waals surface area contributed by atoms with Crippen molar-refractivity contribution in [2.24, 2.45) is 5.73 Å². The molecular weight excluding hydrogens is 206 g/mol. The predicted molar refractivity (Wildman–Crippen MR) is 67.4 cm³/mol. The summed E-state index contributed by atoms with van der Waals surface area (Å²) in [7, 11) is 0. The lowest BCUT2D eigenvalue weighted by Gasteiger charge is -2.10. The van der Waals surface area contributed by atoms with E-state index in [1.807, 2.05) is 6.92 Å². The molecular formula is C13H20ClN. The smallest absolute Gasteiger partial charge is 0.0437 e. The Morgan fingerprint density at radius 1 is 1.33 bits per heavy atom. The second-order valence-corrected chi connectivity index (χ2v) is 4.58. The lowest BCUT2D eigenvalue weighted by atomic mass is 10.0. The molecule has 0 radical (unpaired) electrons. The summed E-state index contributed by atoms with van der Waals surface area (Å²) >= 11 is 6.06. The Morgan fingerprint density at radius 2 is 2.07 bits per heavy atom. The van der Waals surface area contributed by atoms with Crippen molar-refractivity contribution in [2.75, 3.05) is 0 Å². The Kier molecular flexibility index (Phi) is 5.13. The molecule has 0 aliphatic rings. The summed E-state index contributed by atoms with van der Waals surface area (Å²) in [5.41, 5.74) is 8.39. The number of rotatable bonds is 5. The van der Waals surface area contributed by atoms with Crippen LogP contribution in [-0.2, 0) is 6.42 Å². The summed E-state index contributed by atoms with van der Waals surface area (Å²) in [6.07, 6.45) is 4.35. The molecule has 0 saturated carbocycles. The second kappa shape index (κ2) is 6.14. The van der Waals surface area contributed by atoms with Crippen LogP contribution in [0.1, 0.15) is 37.3 Å². The van der Waals surface area contributed by atoms with E-state index in [2.05, 4.69) is 25.1 Å². The van der Waals surface area contributed by atoms with Gasteiger partial charge in [0, 0.05) is 11.1 Å². The molecule has 0 aliphatic heterocycles. The van der Waals surface area contributed by atoms with Gasteiger partial charge in [-0.25, -0.2) is 0 Å². The molecule has 2 N–H and O–H groups in total. The number of nitrogens with two attached hydrogens (primary N) is 1. The molecule has 84 valence electrons. The van der Waals surface area contributed by atoms with Crippen molar-refractivity contribution in [1.29, 1.82) is 0 Å². The molecule has 1 nitrogen and oxygen atoms in total. The molecule has 1 unspecified atom stereocenters. The monoisotopic (exact) mass is 225 g/mol. The highest BCUT2D eigenvalue weighted by Crippen LogP contribution is 2.18. The van der Waals surface area contributed by atoms with Crippen LogP contribution in [0.4, 0.5) is 0 Å². The molecule has 0 fully saturated rings. The fraction of sp³-hybridized carbons (Fsp3) is 0.538. The van der Waals surface area contributed by atoms with Crippen molar-refractivity contribution >= 4 is 11.6 Å². The topological polar surface area (TPSA) is 26.0 Å². The Labute approximate surface area is 97.6 Å². The molecule has 0 amide bonds. The third kappa shape index (κ3) is 4.23. The first-order chi connectivity index (χ1) is 7.13. The SMILES string of the molecule is CCCC(N)CCc1ccc(C)c(Cl)c1. The van der Waals surface area contributed by atoms with Gasteiger partial charge in [-0.2, -0.15) is 0 Å². The van der Waals surface area contributed by atoms with E-state index >= 15 is 0 Å². The fourth-order valence-corrected chi connectivity index (χ4v) is 1.86. The summed E-state index contributed by atoms with van der Waals surface area (Å²) in [6.45, 7) is 4.19. The Bertz CT molecular complexity index is 309. The zero-order chi connectivity index (χ0) is 11.3. The van der Waals surface area contributed by atoms with E-state index in [1.165, 1.54) is 5.56 Å². The molecule has 0 aromatic heterocycles. The van der Waals surface area contributed by atoms with Crippen molar-refractivity contribution in [3.8, 4) is 0 Å². The molecule has 1 aromatic carbocycles. The highest BCUT2D eigenvalue weighted by molar-refractivity contribution is 6.31. The van der Waals surface area contributed by atoms with Gasteiger partial charge in [-0.3, -0.25) is 0 Å². The summed E-state index contributed by atoms with van der Waals surface area (Å²) in [5, 5.41) is 0.858. The van der Waals surface area contributed by atoms with Gasteiger partial charge < -0.3 is 5.73 Å². The van der Waals surface area contributed by atoms with Gasteiger partial charge in [0.2, 0.25) is 0 Å². The van der Waals surface area contributed by atoms with Gasteiger partial charge in [0.15, 0.2) is 0 Å². The molecule has 0 aliphatic carbocycles. The van der Waals surface area contributed by atoms with E-state index in [0.717, 1.165) is 36.3 Å². The Morgan fingerprint density at radius 3 is 2.67 bits per heavy atom. The van der Waals surface area contributed by atoms with E-state index in [-0.39, 0.29) is 0 Å². The molecule has 15 heavy (non-hydrogen) atoms. The standard InChI is InChI=1S/C13H20ClN/c1-3-4-12(15)8-7-11-6-5-10(2)13(14)9-11/h5-6,9,12H,3-4,7-8,15H2,1-2H3. The van der Waals surface area contributed by atoms with E-state index in [4.69, 9.17) is 17.3 Å². The van der Waals surface area contributed by atoms with E-state index in [0.29, 0.717) is 6.04 Å². The number of halogens is 1. The van der Waals surface area contributed by atoms with Gasteiger partial charge in [0.25, 0.3) is 0 Å². The lowest BCUT2D eigenvalue weighted by Crippen LogP contribution is -2.20. The summed E-state index contributed by atoms with van der Waals surface area (Å²) in [4.78, 5) is 0. The zero-order valence-electron chi connectivity index (χ0n) is 9.59. The highest BCUT2D eigenvalue weighted by Gasteiger charge is 2.03. The highest BCUT2D eigenvalue weighted by atomic mass is 35.5. The maximum atomic E-state index is 6.06. The average Bonchev–Trinajstić information content (AvgIpc) is 2.20. The zero-order valence-corrected chi connectivity index (χ0v) is 10.3. The van der Waals surface area contributed by atoms with E-state index < -0.39 is 0 Å². The number of hydrogen-bond donors (Lipinski definition) is 1. The number of aryl methyl sites for hydroxylation is 2. The predicted octanol–water partition coefficient (Wildman–Crippen LogP) is 3.71. The Balaban J connectivity index is 2.47. The maximum absolute atomic E-state index is 6.06. The van der Waals surface area contributed by atoms with E-state index in [1.54, 1.807) is 0 Å². The first kappa shape index (κ1) is 12.5. The van der Waals surface area contributed by atoms with Gasteiger partial charge in [0.05, 0.1) is 0 Å². The third-order valence-corrected chi connectivity index (χ3v) is 3.11. The first-order valence-electron chi connectivity index (χ1n) is 5.64. The van der Waals surface area contributed by atoms with Gasteiger partial charge >= 0.3 is 0 Å². The molecule has 0 spiro atoms. The number of benzene rings is 1. The Hall–Kier alpha value is -0.530. The minimum absolute atomic E-state index is 0.329. The summed E-state index contributed by atoms with van der Waals surface area (Å²) < 4.78 is 0. The van der Waals surface area contributed by atoms with Gasteiger partial charge in [0.1, 0.15) is 0 Å². The lowest BCUT2D eigenvalue weighted by molar-refractivity contribution is 0.561. The van der Waals surface area contributed by atoms with Crippen LogP contribution < -0.4 is 5.73 Å². The van der Waals surface area contributed by atoms with Crippen molar-refractivity contribution < 1.29 is 0 Å². The van der Waals surface area contributed by atoms with Crippen LogP contribution in [-0.4, -0.2) is 6.04 Å². The van der Waals surface area contributed by atoms with Crippen LogP contribution in [0.15, 0.2) is 18.2 Å². The first-order valence-corrected chi connectivity index (χ1v) is 6.02. The fourth-order valence-electron chi connectivity index (χ4n) is 1.66. The van der Waals surface area contributed by atoms with Crippen molar-refractivity contribution in [1.82, 2.24) is 0 Å². The van der Waals surface area contributed by atoms with E-state index in [9.17, 15) is 0 Å². The third-order valence-electron chi connectivity index (χ3n) is 2.70. The van der Waals surface area contributed by atoms with Crippen LogP contribution in [0, 0.1) is 6.92 Å². The van der Waals surface area contributed by atoms with Gasteiger partial charge in [-0.15, -0.1) is 0 Å². The van der Waals surface area contributed by atoms with Crippen molar-refractivity contribution in [2.45, 2.75) is 45.6 Å². The van der Waals surface area contributed by atoms with Crippen molar-refractivity contribution in [3.05, 3.63) is 34.3 Å².